The molecule has 3 heterocycles. The molecule has 2 aliphatic rings. The molecule has 43 heavy (non-hydrogen) atoms. The van der Waals surface area contributed by atoms with Crippen LogP contribution in [0.1, 0.15) is 43.0 Å². The van der Waals surface area contributed by atoms with E-state index in [4.69, 9.17) is 16.5 Å². The number of benzene rings is 3. The summed E-state index contributed by atoms with van der Waals surface area (Å²) in [5.41, 5.74) is 16.2. The summed E-state index contributed by atoms with van der Waals surface area (Å²) in [7, 11) is 0. The van der Waals surface area contributed by atoms with Gasteiger partial charge in [-0.2, -0.15) is 0 Å². The lowest BCUT2D eigenvalue weighted by Gasteiger charge is -2.33. The van der Waals surface area contributed by atoms with Gasteiger partial charge in [-0.1, -0.05) is 42.5 Å². The lowest BCUT2D eigenvalue weighted by atomic mass is 9.95. The monoisotopic (exact) mass is 589 g/mol. The van der Waals surface area contributed by atoms with E-state index in [2.05, 4.69) is 14.0 Å². The van der Waals surface area contributed by atoms with Crippen LogP contribution in [-0.2, 0) is 22.6 Å². The zero-order chi connectivity index (χ0) is 30.1. The predicted molar refractivity (Wildman–Crippen MR) is 156 cm³/mol. The van der Waals surface area contributed by atoms with Gasteiger partial charge < -0.3 is 30.4 Å². The predicted octanol–water partition coefficient (Wildman–Crippen LogP) is 4.57. The number of alkyl halides is 2. The van der Waals surface area contributed by atoms with E-state index in [0.717, 1.165) is 40.8 Å². The summed E-state index contributed by atoms with van der Waals surface area (Å²) in [5.74, 6) is 0.557. The van der Waals surface area contributed by atoms with Crippen LogP contribution in [0.3, 0.4) is 0 Å². The van der Waals surface area contributed by atoms with Gasteiger partial charge in [-0.15, -0.1) is 8.78 Å². The fraction of sp³-hybridized carbons (Fsp3) is 0.344. The molecule has 4 N–H and O–H groups in total. The van der Waals surface area contributed by atoms with Gasteiger partial charge in [0.2, 0.25) is 11.8 Å². The number of hydrogen-bond acceptors (Lipinski definition) is 6. The van der Waals surface area contributed by atoms with Crippen molar-refractivity contribution in [3.63, 3.8) is 0 Å². The van der Waals surface area contributed by atoms with Crippen molar-refractivity contribution in [3.05, 3.63) is 78.1 Å². The number of amides is 2. The maximum atomic E-state index is 13.4. The number of hydrogen-bond donors (Lipinski definition) is 2. The molecule has 1 saturated heterocycles. The van der Waals surface area contributed by atoms with Crippen molar-refractivity contribution in [2.45, 2.75) is 56.9 Å². The Morgan fingerprint density at radius 3 is 2.56 bits per heavy atom. The molecule has 0 spiro atoms. The molecule has 11 heteroatoms. The van der Waals surface area contributed by atoms with Crippen molar-refractivity contribution >= 4 is 22.8 Å². The average molecular weight is 590 g/mol. The second-order valence-electron chi connectivity index (χ2n) is 11.2. The van der Waals surface area contributed by atoms with Crippen molar-refractivity contribution in [2.24, 2.45) is 11.5 Å². The van der Waals surface area contributed by atoms with Gasteiger partial charge in [-0.3, -0.25) is 9.59 Å². The fourth-order valence-corrected chi connectivity index (χ4v) is 5.97. The van der Waals surface area contributed by atoms with Gasteiger partial charge in [0.05, 0.1) is 11.0 Å². The molecule has 224 valence electrons. The number of carbonyl (C=O) groups is 2. The van der Waals surface area contributed by atoms with Crippen LogP contribution in [0.15, 0.2) is 66.7 Å². The third-order valence-corrected chi connectivity index (χ3v) is 8.03. The number of piperidine rings is 1. The van der Waals surface area contributed by atoms with Gasteiger partial charge in [0, 0.05) is 44.4 Å². The van der Waals surface area contributed by atoms with Crippen molar-refractivity contribution in [3.8, 4) is 22.6 Å². The molecular weight excluding hydrogens is 556 g/mol. The molecule has 0 radical (unpaired) electrons. The van der Waals surface area contributed by atoms with Gasteiger partial charge in [0.1, 0.15) is 5.82 Å². The quantitative estimate of drug-likeness (QED) is 0.295. The highest BCUT2D eigenvalue weighted by Gasteiger charge is 2.43. The minimum absolute atomic E-state index is 0.00257. The number of aromatic nitrogens is 2. The second-order valence-corrected chi connectivity index (χ2v) is 11.2. The van der Waals surface area contributed by atoms with Gasteiger partial charge in [0.25, 0.3) is 0 Å². The summed E-state index contributed by atoms with van der Waals surface area (Å²) in [5, 5.41) is 0. The number of nitrogens with two attached hydrogens (primary N) is 2. The summed E-state index contributed by atoms with van der Waals surface area (Å²) < 4.78 is 37.8. The molecule has 0 saturated carbocycles. The molecule has 2 atom stereocenters. The summed E-state index contributed by atoms with van der Waals surface area (Å²) in [6.45, 7) is 1.66. The second kappa shape index (κ2) is 11.6. The van der Waals surface area contributed by atoms with E-state index < -0.39 is 6.29 Å². The maximum Gasteiger partial charge on any atom is 0.586 e. The number of aryl methyl sites for hydroxylation is 1. The van der Waals surface area contributed by atoms with Gasteiger partial charge in [-0.05, 0) is 60.2 Å². The SMILES string of the molecule is NC(=O)CCn1c(C2CCCN(C(=O)CC(N)Cc3ccc(-c4ccc5c(c4)OC(F)(F)O5)cc3)C2)nc2ccccc21. The number of rotatable bonds is 9. The molecule has 1 aromatic heterocycles. The first-order valence-electron chi connectivity index (χ1n) is 14.4. The topological polar surface area (TPSA) is 126 Å². The summed E-state index contributed by atoms with van der Waals surface area (Å²) in [4.78, 5) is 31.6. The van der Waals surface area contributed by atoms with Crippen LogP contribution < -0.4 is 20.9 Å². The van der Waals surface area contributed by atoms with Crippen LogP contribution in [0.4, 0.5) is 8.78 Å². The summed E-state index contributed by atoms with van der Waals surface area (Å²) in [6.07, 6.45) is -0.968. The number of nitrogens with zero attached hydrogens (tertiary/aromatic N) is 3. The highest BCUT2D eigenvalue weighted by Crippen LogP contribution is 2.43. The number of ether oxygens (including phenoxy) is 2. The van der Waals surface area contributed by atoms with Crippen LogP contribution in [0.2, 0.25) is 0 Å². The lowest BCUT2D eigenvalue weighted by molar-refractivity contribution is -0.286. The Hall–Kier alpha value is -4.51. The smallest absolute Gasteiger partial charge is 0.395 e. The van der Waals surface area contributed by atoms with Crippen molar-refractivity contribution in [2.75, 3.05) is 13.1 Å². The van der Waals surface area contributed by atoms with Crippen LogP contribution >= 0.6 is 0 Å². The molecule has 3 aromatic carbocycles. The van der Waals surface area contributed by atoms with E-state index in [0.29, 0.717) is 31.6 Å². The molecule has 2 amide bonds. The summed E-state index contributed by atoms with van der Waals surface area (Å²) >= 11 is 0. The molecule has 6 rings (SSSR count). The minimum Gasteiger partial charge on any atom is -0.395 e. The summed E-state index contributed by atoms with van der Waals surface area (Å²) in [6, 6.07) is 19.8. The van der Waals surface area contributed by atoms with Crippen molar-refractivity contribution < 1.29 is 27.8 Å². The molecule has 2 unspecified atom stereocenters. The highest BCUT2D eigenvalue weighted by molar-refractivity contribution is 5.78. The first kappa shape index (κ1) is 28.6. The first-order chi connectivity index (χ1) is 20.6. The normalized spacial score (nSPS) is 18.1. The number of primary amides is 1. The average Bonchev–Trinajstić information content (AvgIpc) is 3.51. The molecule has 0 aliphatic carbocycles. The van der Waals surface area contributed by atoms with E-state index in [9.17, 15) is 18.4 Å². The molecule has 9 nitrogen and oxygen atoms in total. The Morgan fingerprint density at radius 2 is 1.77 bits per heavy atom. The lowest BCUT2D eigenvalue weighted by Crippen LogP contribution is -2.42. The van der Waals surface area contributed by atoms with Crippen molar-refractivity contribution in [1.82, 2.24) is 14.5 Å². The number of halogens is 2. The van der Waals surface area contributed by atoms with Crippen LogP contribution in [0.25, 0.3) is 22.2 Å². The van der Waals surface area contributed by atoms with Gasteiger partial charge >= 0.3 is 6.29 Å². The molecule has 0 bridgehead atoms. The minimum atomic E-state index is -3.66. The van der Waals surface area contributed by atoms with E-state index in [1.54, 1.807) is 6.07 Å². The molecule has 4 aromatic rings. The van der Waals surface area contributed by atoms with E-state index >= 15 is 0 Å². The van der Waals surface area contributed by atoms with Crippen molar-refractivity contribution in [1.29, 1.82) is 0 Å². The maximum absolute atomic E-state index is 13.4. The number of likely N-dealkylation sites (tertiary alicyclic amines) is 1. The largest absolute Gasteiger partial charge is 0.586 e. The third kappa shape index (κ3) is 6.31. The van der Waals surface area contributed by atoms with Crippen LogP contribution in [-0.4, -0.2) is 51.7 Å². The first-order valence-corrected chi connectivity index (χ1v) is 14.4. The van der Waals surface area contributed by atoms with E-state index in [1.165, 1.54) is 12.1 Å². The Labute approximate surface area is 247 Å². The fourth-order valence-electron chi connectivity index (χ4n) is 5.97. The van der Waals surface area contributed by atoms with E-state index in [-0.39, 0.29) is 48.1 Å². The Balaban J connectivity index is 1.07. The van der Waals surface area contributed by atoms with E-state index in [1.807, 2.05) is 53.4 Å². The van der Waals surface area contributed by atoms with Crippen LogP contribution in [0.5, 0.6) is 11.5 Å². The number of imidazole rings is 1. The standard InChI is InChI=1S/C32H33F2N5O4/c33-32(34)42-27-12-11-22(17-28(27)43-32)21-9-7-20(8-10-21)16-24(35)18-30(41)38-14-3-4-23(19-38)31-37-25-5-1-2-6-26(25)39(31)15-13-29(36)40/h1-2,5-12,17,23-24H,3-4,13-16,18-19,35H2,(H2,36,40). The zero-order valence-corrected chi connectivity index (χ0v) is 23.5. The Bertz CT molecular complexity index is 1660. The highest BCUT2D eigenvalue weighted by atomic mass is 19.3. The zero-order valence-electron chi connectivity index (χ0n) is 23.5. The van der Waals surface area contributed by atoms with Gasteiger partial charge in [-0.25, -0.2) is 4.98 Å². The number of fused-ring (bicyclic) bond motifs is 2. The molecule has 2 aliphatic heterocycles. The third-order valence-electron chi connectivity index (χ3n) is 8.03. The number of carbonyl (C=O) groups excluding carboxylic acids is 2. The molecular formula is C32H33F2N5O4. The molecule has 1 fully saturated rings. The Kier molecular flexibility index (Phi) is 7.74. The number of para-hydroxylation sites is 2. The van der Waals surface area contributed by atoms with Crippen LogP contribution in [0, 0.1) is 0 Å². The Morgan fingerprint density at radius 1 is 1.02 bits per heavy atom. The van der Waals surface area contributed by atoms with Gasteiger partial charge in [0.15, 0.2) is 11.5 Å².